The molecule has 0 saturated carbocycles. The zero-order chi connectivity index (χ0) is 28.9. The van der Waals surface area contributed by atoms with E-state index in [1.165, 1.54) is 0 Å². The second kappa shape index (κ2) is 10.5. The number of amides is 2. The molecule has 6 nitrogen and oxygen atoms in total. The number of anilines is 1. The summed E-state index contributed by atoms with van der Waals surface area (Å²) in [5, 5.41) is 10.2. The van der Waals surface area contributed by atoms with Crippen LogP contribution in [0.1, 0.15) is 35.6 Å². The fourth-order valence-electron chi connectivity index (χ4n) is 7.46. The molecule has 6 rings (SSSR count). The van der Waals surface area contributed by atoms with Crippen molar-refractivity contribution in [1.29, 1.82) is 0 Å². The smallest absolute Gasteiger partial charge is 0.264 e. The number of aliphatic hydroxyl groups excluding tert-OH is 1. The van der Waals surface area contributed by atoms with Crippen molar-refractivity contribution in [2.24, 2.45) is 5.92 Å². The molecule has 1 N–H and O–H groups in total. The van der Waals surface area contributed by atoms with Gasteiger partial charge in [0.05, 0.1) is 37.4 Å². The third-order valence-corrected chi connectivity index (χ3v) is 11.8. The second-order valence-electron chi connectivity index (χ2n) is 12.2. The molecule has 2 amide bonds. The highest BCUT2D eigenvalue weighted by Crippen LogP contribution is 2.60. The first kappa shape index (κ1) is 27.8. The summed E-state index contributed by atoms with van der Waals surface area (Å²) in [4.78, 5) is 31.7. The van der Waals surface area contributed by atoms with Crippen molar-refractivity contribution in [1.82, 2.24) is 4.90 Å². The Morgan fingerprint density at radius 2 is 1.68 bits per heavy atom. The number of rotatable bonds is 6. The molecule has 1 fully saturated rings. The van der Waals surface area contributed by atoms with Crippen molar-refractivity contribution in [2.75, 3.05) is 11.5 Å². The standard InChI is InChI=1S/C33H37FN2O4Si/c1-22-31(41(2,3)34)29(18-30(38)35-20-25-14-8-7-13-24(25)17-26(35)21-37)40-33(22)27-15-9-10-16-28(27)36(32(33)39)19-23-11-5-4-6-12-23/h4-16,22,26,29,31,37H,17-21H2,1-3H3/t22-,26+,29+,31-,33+/m1/s1. The van der Waals surface area contributed by atoms with E-state index in [1.54, 1.807) is 22.9 Å². The molecular formula is C33H37FN2O4Si. The van der Waals surface area contributed by atoms with E-state index >= 15 is 4.11 Å². The number of fused-ring (bicyclic) bond motifs is 3. The van der Waals surface area contributed by atoms with Gasteiger partial charge in [-0.05, 0) is 42.3 Å². The van der Waals surface area contributed by atoms with E-state index in [4.69, 9.17) is 4.74 Å². The Morgan fingerprint density at radius 1 is 1.02 bits per heavy atom. The van der Waals surface area contributed by atoms with Gasteiger partial charge in [-0.1, -0.05) is 79.7 Å². The molecule has 3 aliphatic heterocycles. The van der Waals surface area contributed by atoms with Crippen LogP contribution in [0.2, 0.25) is 18.6 Å². The molecule has 1 saturated heterocycles. The number of hydrogen-bond donors (Lipinski definition) is 1. The maximum absolute atomic E-state index is 16.2. The van der Waals surface area contributed by atoms with Gasteiger partial charge >= 0.3 is 0 Å². The first-order valence-electron chi connectivity index (χ1n) is 14.4. The van der Waals surface area contributed by atoms with Gasteiger partial charge in [-0.25, -0.2) is 0 Å². The van der Waals surface area contributed by atoms with E-state index in [1.807, 2.05) is 85.8 Å². The highest BCUT2D eigenvalue weighted by atomic mass is 28.4. The monoisotopic (exact) mass is 572 g/mol. The molecule has 214 valence electrons. The van der Waals surface area contributed by atoms with E-state index in [2.05, 4.69) is 0 Å². The number of nitrogens with zero attached hydrogens (tertiary/aromatic N) is 2. The third-order valence-electron chi connectivity index (χ3n) is 9.31. The third kappa shape index (κ3) is 4.62. The average Bonchev–Trinajstić information content (AvgIpc) is 3.39. The topological polar surface area (TPSA) is 70.1 Å². The zero-order valence-corrected chi connectivity index (χ0v) is 24.8. The average molecular weight is 573 g/mol. The Kier molecular flexibility index (Phi) is 7.12. The van der Waals surface area contributed by atoms with Crippen LogP contribution < -0.4 is 4.90 Å². The molecule has 0 bridgehead atoms. The molecule has 3 aromatic carbocycles. The van der Waals surface area contributed by atoms with Crippen LogP contribution in [-0.2, 0) is 39.4 Å². The maximum Gasteiger partial charge on any atom is 0.264 e. The quantitative estimate of drug-likeness (QED) is 0.320. The van der Waals surface area contributed by atoms with Crippen molar-refractivity contribution < 1.29 is 23.5 Å². The fourth-order valence-corrected chi connectivity index (χ4v) is 9.95. The Bertz CT molecular complexity index is 1460. The molecule has 3 aromatic rings. The van der Waals surface area contributed by atoms with Crippen molar-refractivity contribution >= 4 is 25.9 Å². The van der Waals surface area contributed by atoms with Crippen LogP contribution in [0.25, 0.3) is 0 Å². The number of carbonyl (C=O) groups is 2. The van der Waals surface area contributed by atoms with Crippen LogP contribution in [-0.4, -0.2) is 49.0 Å². The second-order valence-corrected chi connectivity index (χ2v) is 16.0. The largest absolute Gasteiger partial charge is 0.394 e. The fraction of sp³-hybridized carbons (Fsp3) is 0.394. The Hall–Kier alpha value is -3.33. The summed E-state index contributed by atoms with van der Waals surface area (Å²) < 4.78 is 22.9. The van der Waals surface area contributed by atoms with Gasteiger partial charge in [-0.3, -0.25) is 9.59 Å². The molecule has 41 heavy (non-hydrogen) atoms. The van der Waals surface area contributed by atoms with E-state index in [-0.39, 0.29) is 30.9 Å². The molecule has 5 atom stereocenters. The SMILES string of the molecule is C[C@@H]1[C@@H]([Si](C)(C)F)[C@H](CC(=O)N2Cc3ccccc3C[C@H]2CO)O[C@@]12C(=O)N(Cc1ccccc1)c1ccccc12. The summed E-state index contributed by atoms with van der Waals surface area (Å²) in [6.07, 6.45) is -0.226. The van der Waals surface area contributed by atoms with Crippen LogP contribution in [0.15, 0.2) is 78.9 Å². The van der Waals surface area contributed by atoms with Crippen LogP contribution in [0.4, 0.5) is 9.80 Å². The van der Waals surface area contributed by atoms with Crippen molar-refractivity contribution in [3.05, 3.63) is 101 Å². The molecule has 1 spiro atoms. The number of para-hydroxylation sites is 1. The summed E-state index contributed by atoms with van der Waals surface area (Å²) in [7, 11) is -3.41. The Morgan fingerprint density at radius 3 is 2.39 bits per heavy atom. The predicted molar refractivity (Wildman–Crippen MR) is 158 cm³/mol. The summed E-state index contributed by atoms with van der Waals surface area (Å²) in [5.74, 6) is -0.846. The molecule has 0 aliphatic carbocycles. The van der Waals surface area contributed by atoms with Crippen molar-refractivity contribution in [2.45, 2.75) is 69.2 Å². The lowest BCUT2D eigenvalue weighted by Gasteiger charge is -2.37. The van der Waals surface area contributed by atoms with Gasteiger partial charge in [-0.15, -0.1) is 0 Å². The molecule has 3 aliphatic rings. The van der Waals surface area contributed by atoms with Crippen LogP contribution in [0.5, 0.6) is 0 Å². The molecule has 0 radical (unpaired) electrons. The van der Waals surface area contributed by atoms with Crippen LogP contribution in [0.3, 0.4) is 0 Å². The van der Waals surface area contributed by atoms with E-state index < -0.39 is 31.6 Å². The first-order chi connectivity index (χ1) is 19.6. The number of carbonyl (C=O) groups excluding carboxylic acids is 2. The van der Waals surface area contributed by atoms with Crippen LogP contribution in [0, 0.1) is 5.92 Å². The minimum Gasteiger partial charge on any atom is -0.394 e. The summed E-state index contributed by atoms with van der Waals surface area (Å²) in [6.45, 7) is 5.83. The predicted octanol–water partition coefficient (Wildman–Crippen LogP) is 5.34. The maximum atomic E-state index is 16.2. The van der Waals surface area contributed by atoms with E-state index in [0.29, 0.717) is 19.5 Å². The minimum absolute atomic E-state index is 0.0378. The Labute approximate surface area is 241 Å². The summed E-state index contributed by atoms with van der Waals surface area (Å²) in [5.41, 5.74) is 2.75. The van der Waals surface area contributed by atoms with Gasteiger partial charge < -0.3 is 23.8 Å². The van der Waals surface area contributed by atoms with E-state index in [0.717, 1.165) is 27.9 Å². The molecule has 3 heterocycles. The normalized spacial score (nSPS) is 27.3. The number of halogens is 1. The Balaban J connectivity index is 1.34. The lowest BCUT2D eigenvalue weighted by molar-refractivity contribution is -0.151. The first-order valence-corrected chi connectivity index (χ1v) is 17.4. The molecule has 8 heteroatoms. The number of hydrogen-bond acceptors (Lipinski definition) is 4. The van der Waals surface area contributed by atoms with Gasteiger partial charge in [0.15, 0.2) is 5.60 Å². The molecule has 0 aromatic heterocycles. The van der Waals surface area contributed by atoms with Gasteiger partial charge in [0.2, 0.25) is 14.3 Å². The summed E-state index contributed by atoms with van der Waals surface area (Å²) in [6, 6.07) is 25.0. The molecular weight excluding hydrogens is 535 g/mol. The zero-order valence-electron chi connectivity index (χ0n) is 23.8. The van der Waals surface area contributed by atoms with Crippen LogP contribution >= 0.6 is 0 Å². The van der Waals surface area contributed by atoms with Gasteiger partial charge in [0.1, 0.15) is 0 Å². The summed E-state index contributed by atoms with van der Waals surface area (Å²) >= 11 is 0. The molecule has 0 unspecified atom stereocenters. The number of aliphatic hydroxyl groups is 1. The highest BCUT2D eigenvalue weighted by Gasteiger charge is 2.67. The van der Waals surface area contributed by atoms with Crippen molar-refractivity contribution in [3.8, 4) is 0 Å². The van der Waals surface area contributed by atoms with Gasteiger partial charge in [0, 0.05) is 23.6 Å². The van der Waals surface area contributed by atoms with Gasteiger partial charge in [0.25, 0.3) is 5.91 Å². The van der Waals surface area contributed by atoms with E-state index in [9.17, 15) is 14.7 Å². The lowest BCUT2D eigenvalue weighted by Crippen LogP contribution is -2.48. The van der Waals surface area contributed by atoms with Gasteiger partial charge in [-0.2, -0.15) is 0 Å². The number of benzene rings is 3. The minimum atomic E-state index is -3.41. The number of ether oxygens (including phenoxy) is 1. The highest BCUT2D eigenvalue weighted by molar-refractivity contribution is 6.72. The van der Waals surface area contributed by atoms with Crippen molar-refractivity contribution in [3.63, 3.8) is 0 Å². The lowest BCUT2D eigenvalue weighted by atomic mass is 9.82.